The van der Waals surface area contributed by atoms with Crippen molar-refractivity contribution in [2.45, 2.75) is 11.3 Å². The van der Waals surface area contributed by atoms with Crippen LogP contribution < -0.4 is 5.32 Å². The Morgan fingerprint density at radius 2 is 1.88 bits per heavy atom. The van der Waals surface area contributed by atoms with Crippen LogP contribution in [-0.4, -0.2) is 44.4 Å². The van der Waals surface area contributed by atoms with Crippen LogP contribution in [0.2, 0.25) is 5.02 Å². The van der Waals surface area contributed by atoms with Crippen molar-refractivity contribution in [3.63, 3.8) is 0 Å². The SMILES string of the molecule is CN(C)S(=O)(=O)c1ccc(Cl)c(C(=O)NCCc2ccccc2O)c1. The van der Waals surface area contributed by atoms with Crippen molar-refractivity contribution in [2.75, 3.05) is 20.6 Å². The summed E-state index contributed by atoms with van der Waals surface area (Å²) >= 11 is 6.03. The minimum Gasteiger partial charge on any atom is -0.508 e. The molecule has 2 aromatic carbocycles. The summed E-state index contributed by atoms with van der Waals surface area (Å²) in [5, 5.41) is 12.6. The molecular formula is C17H19ClN2O4S. The average molecular weight is 383 g/mol. The molecule has 2 N–H and O–H groups in total. The molecule has 0 heterocycles. The summed E-state index contributed by atoms with van der Waals surface area (Å²) in [5.74, 6) is -0.315. The zero-order chi connectivity index (χ0) is 18.6. The van der Waals surface area contributed by atoms with Gasteiger partial charge in [-0.25, -0.2) is 12.7 Å². The summed E-state index contributed by atoms with van der Waals surface area (Å²) in [5.41, 5.74) is 0.791. The third kappa shape index (κ3) is 4.50. The van der Waals surface area contributed by atoms with Gasteiger partial charge in [0.15, 0.2) is 0 Å². The lowest BCUT2D eigenvalue weighted by Crippen LogP contribution is -2.27. The summed E-state index contributed by atoms with van der Waals surface area (Å²) in [7, 11) is -0.832. The molecule has 0 aliphatic rings. The molecule has 0 spiro atoms. The standard InChI is InChI=1S/C17H19ClN2O4S/c1-20(2)25(23,24)13-7-8-15(18)14(11-13)17(22)19-10-9-12-5-3-4-6-16(12)21/h3-8,11,21H,9-10H2,1-2H3,(H,19,22). The molecule has 0 aromatic heterocycles. The van der Waals surface area contributed by atoms with Gasteiger partial charge in [-0.1, -0.05) is 29.8 Å². The van der Waals surface area contributed by atoms with Crippen molar-refractivity contribution < 1.29 is 18.3 Å². The number of hydrogen-bond donors (Lipinski definition) is 2. The van der Waals surface area contributed by atoms with E-state index in [1.807, 2.05) is 0 Å². The van der Waals surface area contributed by atoms with Crippen molar-refractivity contribution >= 4 is 27.5 Å². The van der Waals surface area contributed by atoms with Crippen LogP contribution in [0.15, 0.2) is 47.4 Å². The van der Waals surface area contributed by atoms with Gasteiger partial charge in [-0.3, -0.25) is 4.79 Å². The Balaban J connectivity index is 2.13. The highest BCUT2D eigenvalue weighted by Crippen LogP contribution is 2.22. The van der Waals surface area contributed by atoms with Gasteiger partial charge in [0.1, 0.15) is 5.75 Å². The van der Waals surface area contributed by atoms with Crippen LogP contribution in [0, 0.1) is 0 Å². The smallest absolute Gasteiger partial charge is 0.252 e. The van der Waals surface area contributed by atoms with Crippen molar-refractivity contribution in [1.29, 1.82) is 0 Å². The van der Waals surface area contributed by atoms with Gasteiger partial charge < -0.3 is 10.4 Å². The molecular weight excluding hydrogens is 364 g/mol. The van der Waals surface area contributed by atoms with E-state index in [-0.39, 0.29) is 27.8 Å². The van der Waals surface area contributed by atoms with Crippen molar-refractivity contribution in [1.82, 2.24) is 9.62 Å². The van der Waals surface area contributed by atoms with E-state index in [1.54, 1.807) is 24.3 Å². The molecule has 0 atom stereocenters. The average Bonchev–Trinajstić information content (AvgIpc) is 2.56. The number of aromatic hydroxyl groups is 1. The highest BCUT2D eigenvalue weighted by molar-refractivity contribution is 7.89. The van der Waals surface area contributed by atoms with E-state index >= 15 is 0 Å². The molecule has 0 saturated heterocycles. The monoisotopic (exact) mass is 382 g/mol. The highest BCUT2D eigenvalue weighted by atomic mass is 35.5. The fourth-order valence-electron chi connectivity index (χ4n) is 2.18. The van der Waals surface area contributed by atoms with Crippen LogP contribution in [0.4, 0.5) is 0 Å². The molecule has 134 valence electrons. The minimum atomic E-state index is -3.66. The van der Waals surface area contributed by atoms with Crippen molar-refractivity contribution in [3.05, 3.63) is 58.6 Å². The number of benzene rings is 2. The molecule has 6 nitrogen and oxygen atoms in total. The number of phenolic OH excluding ortho intramolecular Hbond substituents is 1. The molecule has 0 aliphatic heterocycles. The summed E-state index contributed by atoms with van der Waals surface area (Å²) < 4.78 is 25.4. The first kappa shape index (κ1) is 19.2. The number of carbonyl (C=O) groups is 1. The Morgan fingerprint density at radius 3 is 2.52 bits per heavy atom. The van der Waals surface area contributed by atoms with Crippen LogP contribution in [0.5, 0.6) is 5.75 Å². The predicted octanol–water partition coefficient (Wildman–Crippen LogP) is 2.27. The van der Waals surface area contributed by atoms with Gasteiger partial charge in [-0.2, -0.15) is 0 Å². The number of carbonyl (C=O) groups excluding carboxylic acids is 1. The summed E-state index contributed by atoms with van der Waals surface area (Å²) in [6, 6.07) is 10.8. The molecule has 0 unspecified atom stereocenters. The number of rotatable bonds is 6. The third-order valence-corrected chi connectivity index (χ3v) is 5.77. The maximum atomic E-state index is 12.3. The Labute approximate surface area is 152 Å². The normalized spacial score (nSPS) is 11.5. The van der Waals surface area contributed by atoms with Gasteiger partial charge in [0.2, 0.25) is 10.0 Å². The quantitative estimate of drug-likeness (QED) is 0.802. The van der Waals surface area contributed by atoms with E-state index in [4.69, 9.17) is 11.6 Å². The molecule has 0 aliphatic carbocycles. The van der Waals surface area contributed by atoms with Crippen LogP contribution in [0.25, 0.3) is 0 Å². The Kier molecular flexibility index (Phi) is 6.05. The summed E-state index contributed by atoms with van der Waals surface area (Å²) in [4.78, 5) is 12.3. The second-order valence-electron chi connectivity index (χ2n) is 5.56. The van der Waals surface area contributed by atoms with E-state index in [0.717, 1.165) is 4.31 Å². The van der Waals surface area contributed by atoms with E-state index in [9.17, 15) is 18.3 Å². The first-order chi connectivity index (χ1) is 11.7. The first-order valence-corrected chi connectivity index (χ1v) is 9.32. The Bertz CT molecular complexity index is 882. The van der Waals surface area contributed by atoms with Crippen LogP contribution >= 0.6 is 11.6 Å². The maximum absolute atomic E-state index is 12.3. The van der Waals surface area contributed by atoms with Gasteiger partial charge in [0.05, 0.1) is 15.5 Å². The highest BCUT2D eigenvalue weighted by Gasteiger charge is 2.20. The topological polar surface area (TPSA) is 86.7 Å². The molecule has 0 radical (unpaired) electrons. The van der Waals surface area contributed by atoms with Gasteiger partial charge in [0.25, 0.3) is 5.91 Å². The maximum Gasteiger partial charge on any atom is 0.252 e. The van der Waals surface area contributed by atoms with E-state index in [2.05, 4.69) is 5.32 Å². The second-order valence-corrected chi connectivity index (χ2v) is 8.12. The number of halogens is 1. The largest absolute Gasteiger partial charge is 0.508 e. The van der Waals surface area contributed by atoms with Crippen LogP contribution in [0.1, 0.15) is 15.9 Å². The fraction of sp³-hybridized carbons (Fsp3) is 0.235. The molecule has 0 bridgehead atoms. The number of hydrogen-bond acceptors (Lipinski definition) is 4. The van der Waals surface area contributed by atoms with Crippen LogP contribution in [-0.2, 0) is 16.4 Å². The van der Waals surface area contributed by atoms with E-state index in [0.29, 0.717) is 12.0 Å². The van der Waals surface area contributed by atoms with Crippen molar-refractivity contribution in [2.24, 2.45) is 0 Å². The number of sulfonamides is 1. The van der Waals surface area contributed by atoms with Gasteiger partial charge >= 0.3 is 0 Å². The number of amides is 1. The first-order valence-electron chi connectivity index (χ1n) is 7.50. The summed E-state index contributed by atoms with van der Waals surface area (Å²) in [6.45, 7) is 0.275. The zero-order valence-electron chi connectivity index (χ0n) is 13.9. The van der Waals surface area contributed by atoms with E-state index in [1.165, 1.54) is 32.3 Å². The Hall–Kier alpha value is -2.09. The predicted molar refractivity (Wildman–Crippen MR) is 96.5 cm³/mol. The lowest BCUT2D eigenvalue weighted by Gasteiger charge is -2.13. The lowest BCUT2D eigenvalue weighted by molar-refractivity contribution is 0.0954. The molecule has 8 heteroatoms. The summed E-state index contributed by atoms with van der Waals surface area (Å²) in [6.07, 6.45) is 0.436. The lowest BCUT2D eigenvalue weighted by atomic mass is 10.1. The van der Waals surface area contributed by atoms with Gasteiger partial charge in [-0.05, 0) is 36.2 Å². The third-order valence-electron chi connectivity index (χ3n) is 3.63. The molecule has 25 heavy (non-hydrogen) atoms. The molecule has 2 rings (SSSR count). The number of nitrogens with zero attached hydrogens (tertiary/aromatic N) is 1. The fourth-order valence-corrected chi connectivity index (χ4v) is 3.31. The zero-order valence-corrected chi connectivity index (χ0v) is 15.4. The molecule has 0 fully saturated rings. The van der Waals surface area contributed by atoms with E-state index < -0.39 is 15.9 Å². The van der Waals surface area contributed by atoms with Gasteiger partial charge in [0, 0.05) is 20.6 Å². The number of nitrogens with one attached hydrogen (secondary N) is 1. The van der Waals surface area contributed by atoms with Crippen molar-refractivity contribution in [3.8, 4) is 5.75 Å². The minimum absolute atomic E-state index is 0.00671. The molecule has 1 amide bonds. The number of para-hydroxylation sites is 1. The Morgan fingerprint density at radius 1 is 1.20 bits per heavy atom. The van der Waals surface area contributed by atoms with Gasteiger partial charge in [-0.15, -0.1) is 0 Å². The molecule has 2 aromatic rings. The number of phenols is 1. The molecule has 0 saturated carbocycles. The second kappa shape index (κ2) is 7.86. The van der Waals surface area contributed by atoms with Crippen LogP contribution in [0.3, 0.4) is 0 Å².